The number of hydrogen-bond acceptors (Lipinski definition) is 2. The fourth-order valence-electron chi connectivity index (χ4n) is 1.93. The van der Waals surface area contributed by atoms with Crippen molar-refractivity contribution >= 4 is 21.9 Å². The van der Waals surface area contributed by atoms with Gasteiger partial charge in [-0.25, -0.2) is 0 Å². The summed E-state index contributed by atoms with van der Waals surface area (Å²) in [4.78, 5) is 11.3. The Hall–Kier alpha value is -0.870. The van der Waals surface area contributed by atoms with E-state index in [1.54, 1.807) is 39.0 Å². The van der Waals surface area contributed by atoms with Crippen LogP contribution in [0, 0.1) is 5.41 Å². The molecule has 4 heteroatoms. The molecule has 0 amide bonds. The molecule has 0 spiro atoms. The fraction of sp³-hybridized carbons (Fsp3) is 0.462. The Bertz CT molecular complexity index is 428. The normalized spacial score (nSPS) is 15.4. The highest BCUT2D eigenvalue weighted by Crippen LogP contribution is 2.43. The predicted octanol–water partition coefficient (Wildman–Crippen LogP) is 3.16. The summed E-state index contributed by atoms with van der Waals surface area (Å²) < 4.78 is 0.822. The molecule has 0 aliphatic rings. The van der Waals surface area contributed by atoms with Crippen molar-refractivity contribution in [2.24, 2.45) is 5.41 Å². The lowest BCUT2D eigenvalue weighted by molar-refractivity contribution is -0.167. The van der Waals surface area contributed by atoms with Gasteiger partial charge in [0, 0.05) is 4.47 Å². The summed E-state index contributed by atoms with van der Waals surface area (Å²) in [6, 6.07) is 7.14. The van der Waals surface area contributed by atoms with Crippen LogP contribution in [0.25, 0.3) is 0 Å². The van der Waals surface area contributed by atoms with Gasteiger partial charge in [-0.3, -0.25) is 4.79 Å². The van der Waals surface area contributed by atoms with Crippen LogP contribution in [-0.4, -0.2) is 16.2 Å². The molecule has 1 atom stereocenters. The first-order valence-electron chi connectivity index (χ1n) is 5.47. The molecule has 17 heavy (non-hydrogen) atoms. The number of benzene rings is 1. The van der Waals surface area contributed by atoms with Gasteiger partial charge in [-0.1, -0.05) is 35.0 Å². The zero-order valence-corrected chi connectivity index (χ0v) is 11.8. The summed E-state index contributed by atoms with van der Waals surface area (Å²) in [6.07, 6.45) is 0.336. The Morgan fingerprint density at radius 3 is 2.41 bits per heavy atom. The Labute approximate surface area is 110 Å². The third kappa shape index (κ3) is 2.38. The summed E-state index contributed by atoms with van der Waals surface area (Å²) in [6.45, 7) is 4.87. The van der Waals surface area contributed by atoms with Gasteiger partial charge < -0.3 is 10.2 Å². The molecule has 1 rings (SSSR count). The van der Waals surface area contributed by atoms with Gasteiger partial charge in [0.05, 0.1) is 5.41 Å². The van der Waals surface area contributed by atoms with Crippen molar-refractivity contribution in [3.05, 3.63) is 34.3 Å². The van der Waals surface area contributed by atoms with Crippen LogP contribution < -0.4 is 0 Å². The molecule has 0 heterocycles. The van der Waals surface area contributed by atoms with E-state index in [-0.39, 0.29) is 0 Å². The lowest BCUT2D eigenvalue weighted by Crippen LogP contribution is -2.46. The Kier molecular flexibility index (Phi) is 3.99. The van der Waals surface area contributed by atoms with Crippen molar-refractivity contribution in [1.29, 1.82) is 0 Å². The Morgan fingerprint density at radius 1 is 1.41 bits per heavy atom. The van der Waals surface area contributed by atoms with Gasteiger partial charge in [-0.15, -0.1) is 0 Å². The second kappa shape index (κ2) is 4.78. The van der Waals surface area contributed by atoms with Crippen LogP contribution in [0.1, 0.15) is 32.8 Å². The minimum absolute atomic E-state index is 0.336. The summed E-state index contributed by atoms with van der Waals surface area (Å²) >= 11 is 3.33. The van der Waals surface area contributed by atoms with Crippen LogP contribution >= 0.6 is 15.9 Å². The number of halogens is 1. The highest BCUT2D eigenvalue weighted by atomic mass is 79.9. The molecule has 0 saturated heterocycles. The smallest absolute Gasteiger partial charge is 0.312 e. The maximum Gasteiger partial charge on any atom is 0.312 e. The molecule has 0 aromatic heterocycles. The first-order valence-corrected chi connectivity index (χ1v) is 6.27. The van der Waals surface area contributed by atoms with E-state index < -0.39 is 17.0 Å². The van der Waals surface area contributed by atoms with E-state index in [1.807, 2.05) is 6.07 Å². The molecular formula is C13H17BrO3. The van der Waals surface area contributed by atoms with Gasteiger partial charge in [0.2, 0.25) is 0 Å². The van der Waals surface area contributed by atoms with Crippen molar-refractivity contribution in [3.63, 3.8) is 0 Å². The highest BCUT2D eigenvalue weighted by molar-refractivity contribution is 9.10. The van der Waals surface area contributed by atoms with E-state index in [4.69, 9.17) is 0 Å². The second-order valence-corrected chi connectivity index (χ2v) is 5.57. The predicted molar refractivity (Wildman–Crippen MR) is 69.7 cm³/mol. The first kappa shape index (κ1) is 14.2. The molecule has 94 valence electrons. The number of aliphatic carboxylic acids is 1. The van der Waals surface area contributed by atoms with Gasteiger partial charge in [-0.05, 0) is 38.0 Å². The van der Waals surface area contributed by atoms with E-state index in [0.29, 0.717) is 12.0 Å². The molecule has 1 unspecified atom stereocenters. The minimum atomic E-state index is -1.39. The van der Waals surface area contributed by atoms with Crippen molar-refractivity contribution < 1.29 is 15.0 Å². The largest absolute Gasteiger partial charge is 0.481 e. The van der Waals surface area contributed by atoms with Crippen LogP contribution in [0.2, 0.25) is 0 Å². The Balaban J connectivity index is 3.35. The summed E-state index contributed by atoms with van der Waals surface area (Å²) in [5.74, 6) is -1.01. The standard InChI is InChI=1S/C13H17BrO3/c1-4-13(17,12(2,3)11(15)16)9-6-5-7-10(14)8-9/h5-8,17H,4H2,1-3H3,(H,15,16). The maximum absolute atomic E-state index is 11.3. The summed E-state index contributed by atoms with van der Waals surface area (Å²) in [5, 5.41) is 20.0. The maximum atomic E-state index is 11.3. The molecule has 0 aliphatic carbocycles. The van der Waals surface area contributed by atoms with Crippen LogP contribution in [0.4, 0.5) is 0 Å². The molecule has 1 aromatic rings. The number of hydrogen-bond donors (Lipinski definition) is 2. The molecular weight excluding hydrogens is 284 g/mol. The van der Waals surface area contributed by atoms with Crippen LogP contribution in [-0.2, 0) is 10.4 Å². The average molecular weight is 301 g/mol. The SMILES string of the molecule is CCC(O)(c1cccc(Br)c1)C(C)(C)C(=O)O. The van der Waals surface area contributed by atoms with E-state index in [2.05, 4.69) is 15.9 Å². The van der Waals surface area contributed by atoms with E-state index in [0.717, 1.165) is 4.47 Å². The molecule has 0 aliphatic heterocycles. The number of carboxylic acids is 1. The number of aliphatic hydroxyl groups is 1. The third-order valence-electron chi connectivity index (χ3n) is 3.38. The van der Waals surface area contributed by atoms with E-state index in [1.165, 1.54) is 0 Å². The molecule has 1 aromatic carbocycles. The van der Waals surface area contributed by atoms with Gasteiger partial charge in [0.15, 0.2) is 0 Å². The lowest BCUT2D eigenvalue weighted by Gasteiger charge is -2.39. The number of carbonyl (C=O) groups is 1. The lowest BCUT2D eigenvalue weighted by atomic mass is 9.69. The van der Waals surface area contributed by atoms with Crippen molar-refractivity contribution in [2.45, 2.75) is 32.8 Å². The van der Waals surface area contributed by atoms with Crippen molar-refractivity contribution in [3.8, 4) is 0 Å². The number of carboxylic acid groups (broad SMARTS) is 1. The van der Waals surface area contributed by atoms with Gasteiger partial charge in [0.1, 0.15) is 5.60 Å². The fourth-order valence-corrected chi connectivity index (χ4v) is 2.33. The number of rotatable bonds is 4. The minimum Gasteiger partial charge on any atom is -0.481 e. The van der Waals surface area contributed by atoms with Gasteiger partial charge >= 0.3 is 5.97 Å². The monoisotopic (exact) mass is 300 g/mol. The quantitative estimate of drug-likeness (QED) is 0.898. The van der Waals surface area contributed by atoms with E-state index >= 15 is 0 Å². The van der Waals surface area contributed by atoms with E-state index in [9.17, 15) is 15.0 Å². The van der Waals surface area contributed by atoms with Crippen molar-refractivity contribution in [2.75, 3.05) is 0 Å². The third-order valence-corrected chi connectivity index (χ3v) is 3.88. The summed E-state index contributed by atoms with van der Waals surface area (Å²) in [7, 11) is 0. The second-order valence-electron chi connectivity index (χ2n) is 4.65. The topological polar surface area (TPSA) is 57.5 Å². The van der Waals surface area contributed by atoms with Crippen LogP contribution in [0.3, 0.4) is 0 Å². The van der Waals surface area contributed by atoms with Crippen molar-refractivity contribution in [1.82, 2.24) is 0 Å². The zero-order valence-electron chi connectivity index (χ0n) is 10.2. The van der Waals surface area contributed by atoms with Crippen LogP contribution in [0.15, 0.2) is 28.7 Å². The highest BCUT2D eigenvalue weighted by Gasteiger charge is 2.49. The zero-order chi connectivity index (χ0) is 13.3. The molecule has 3 nitrogen and oxygen atoms in total. The summed E-state index contributed by atoms with van der Waals surface area (Å²) in [5.41, 5.74) is -2.02. The van der Waals surface area contributed by atoms with Gasteiger partial charge in [0.25, 0.3) is 0 Å². The van der Waals surface area contributed by atoms with Gasteiger partial charge in [-0.2, -0.15) is 0 Å². The first-order chi connectivity index (χ1) is 7.75. The molecule has 0 radical (unpaired) electrons. The molecule has 0 saturated carbocycles. The molecule has 2 N–H and O–H groups in total. The Morgan fingerprint density at radius 2 is 2.00 bits per heavy atom. The average Bonchev–Trinajstić information content (AvgIpc) is 2.27. The van der Waals surface area contributed by atoms with Crippen LogP contribution in [0.5, 0.6) is 0 Å². The molecule has 0 fully saturated rings. The molecule has 0 bridgehead atoms.